The Morgan fingerprint density at radius 1 is 1.19 bits per heavy atom. The second kappa shape index (κ2) is 5.62. The second-order valence-corrected chi connectivity index (χ2v) is 6.66. The zero-order valence-corrected chi connectivity index (χ0v) is 13.1. The number of nitrogens with one attached hydrogen (secondary N) is 1. The van der Waals surface area contributed by atoms with E-state index in [9.17, 15) is 4.79 Å². The number of carbonyl (C=O) groups excluding carboxylic acids is 1. The normalized spacial score (nSPS) is 23.3. The van der Waals surface area contributed by atoms with Gasteiger partial charge in [0.2, 0.25) is 5.91 Å². The van der Waals surface area contributed by atoms with Gasteiger partial charge in [-0.3, -0.25) is 4.79 Å². The van der Waals surface area contributed by atoms with Gasteiger partial charge in [0.05, 0.1) is 0 Å². The summed E-state index contributed by atoms with van der Waals surface area (Å²) in [6, 6.07) is 8.77. The Labute approximate surface area is 132 Å². The van der Waals surface area contributed by atoms with Crippen LogP contribution in [0.15, 0.2) is 24.3 Å². The van der Waals surface area contributed by atoms with Crippen LogP contribution in [0.2, 0.25) is 0 Å². The Kier molecular flexibility index (Phi) is 3.98. The summed E-state index contributed by atoms with van der Waals surface area (Å²) in [7, 11) is 0. The number of benzene rings is 1. The first-order valence-electron chi connectivity index (χ1n) is 7.86. The summed E-state index contributed by atoms with van der Waals surface area (Å²) in [5, 5.41) is 3.46. The number of amides is 1. The van der Waals surface area contributed by atoms with Gasteiger partial charge in [-0.25, -0.2) is 0 Å². The number of piperidine rings is 1. The smallest absolute Gasteiger partial charge is 0.226 e. The number of fused-ring (bicyclic) bond motifs is 2. The molecule has 4 heteroatoms. The molecule has 0 atom stereocenters. The molecular formula is C17H23ClN2O. The monoisotopic (exact) mass is 306 g/mol. The van der Waals surface area contributed by atoms with Crippen molar-refractivity contribution >= 4 is 18.3 Å². The van der Waals surface area contributed by atoms with Crippen LogP contribution in [0.4, 0.5) is 0 Å². The summed E-state index contributed by atoms with van der Waals surface area (Å²) in [5.41, 5.74) is 3.07. The average Bonchev–Trinajstić information content (AvgIpc) is 3.32. The van der Waals surface area contributed by atoms with E-state index in [0.717, 1.165) is 51.9 Å². The Hall–Kier alpha value is -1.06. The van der Waals surface area contributed by atoms with Crippen molar-refractivity contribution < 1.29 is 4.79 Å². The third kappa shape index (κ3) is 2.58. The summed E-state index contributed by atoms with van der Waals surface area (Å²) in [4.78, 5) is 14.7. The Morgan fingerprint density at radius 3 is 2.62 bits per heavy atom. The highest BCUT2D eigenvalue weighted by molar-refractivity contribution is 5.85. The molecule has 1 amide bonds. The predicted octanol–water partition coefficient (Wildman–Crippen LogP) is 2.48. The zero-order valence-electron chi connectivity index (χ0n) is 12.3. The minimum Gasteiger partial charge on any atom is -0.337 e. The van der Waals surface area contributed by atoms with E-state index in [1.54, 1.807) is 0 Å². The van der Waals surface area contributed by atoms with E-state index in [1.165, 1.54) is 11.1 Å². The molecule has 1 aromatic carbocycles. The van der Waals surface area contributed by atoms with Crippen molar-refractivity contribution in [3.8, 4) is 0 Å². The topological polar surface area (TPSA) is 32.3 Å². The van der Waals surface area contributed by atoms with Gasteiger partial charge in [-0.1, -0.05) is 24.3 Å². The minimum absolute atomic E-state index is 0. The fourth-order valence-electron chi connectivity index (χ4n) is 3.96. The highest BCUT2D eigenvalue weighted by Crippen LogP contribution is 2.42. The van der Waals surface area contributed by atoms with Gasteiger partial charge in [-0.2, -0.15) is 0 Å². The SMILES string of the molecule is Cl.O=C(C1CC1)N1Cc2ccccc2C2(CCNCC2)C1. The number of hydrogen-bond donors (Lipinski definition) is 1. The molecule has 1 saturated heterocycles. The summed E-state index contributed by atoms with van der Waals surface area (Å²) < 4.78 is 0. The van der Waals surface area contributed by atoms with Gasteiger partial charge in [0.15, 0.2) is 0 Å². The van der Waals surface area contributed by atoms with E-state index in [0.29, 0.717) is 11.8 Å². The van der Waals surface area contributed by atoms with E-state index in [4.69, 9.17) is 0 Å². The number of hydrogen-bond acceptors (Lipinski definition) is 2. The third-order valence-corrected chi connectivity index (χ3v) is 5.24. The summed E-state index contributed by atoms with van der Waals surface area (Å²) >= 11 is 0. The van der Waals surface area contributed by atoms with Crippen LogP contribution in [0, 0.1) is 5.92 Å². The van der Waals surface area contributed by atoms with Crippen molar-refractivity contribution in [3.05, 3.63) is 35.4 Å². The molecule has 2 aliphatic heterocycles. The molecule has 21 heavy (non-hydrogen) atoms. The first-order chi connectivity index (χ1) is 9.78. The highest BCUT2D eigenvalue weighted by atomic mass is 35.5. The third-order valence-electron chi connectivity index (χ3n) is 5.24. The maximum Gasteiger partial charge on any atom is 0.226 e. The molecule has 4 rings (SSSR count). The molecule has 1 N–H and O–H groups in total. The number of carbonyl (C=O) groups is 1. The van der Waals surface area contributed by atoms with Gasteiger partial charge in [0, 0.05) is 24.4 Å². The van der Waals surface area contributed by atoms with E-state index in [1.807, 2.05) is 0 Å². The predicted molar refractivity (Wildman–Crippen MR) is 85.6 cm³/mol. The van der Waals surface area contributed by atoms with Crippen molar-refractivity contribution in [2.24, 2.45) is 5.92 Å². The average molecular weight is 307 g/mol. The van der Waals surface area contributed by atoms with Crippen LogP contribution in [0.1, 0.15) is 36.8 Å². The molecule has 1 aliphatic carbocycles. The summed E-state index contributed by atoms with van der Waals surface area (Å²) in [5.74, 6) is 0.733. The molecule has 0 unspecified atom stereocenters. The Bertz CT molecular complexity index is 535. The van der Waals surface area contributed by atoms with Crippen molar-refractivity contribution in [1.82, 2.24) is 10.2 Å². The zero-order chi connectivity index (χ0) is 13.6. The molecule has 3 aliphatic rings. The lowest BCUT2D eigenvalue weighted by atomic mass is 9.69. The van der Waals surface area contributed by atoms with Gasteiger partial charge < -0.3 is 10.2 Å². The second-order valence-electron chi connectivity index (χ2n) is 6.66. The highest BCUT2D eigenvalue weighted by Gasteiger charge is 2.44. The van der Waals surface area contributed by atoms with Crippen LogP contribution in [-0.4, -0.2) is 30.4 Å². The van der Waals surface area contributed by atoms with Crippen LogP contribution in [0.3, 0.4) is 0 Å². The minimum atomic E-state index is 0. The molecule has 1 spiro atoms. The van der Waals surface area contributed by atoms with E-state index >= 15 is 0 Å². The molecule has 0 aromatic heterocycles. The van der Waals surface area contributed by atoms with Crippen LogP contribution < -0.4 is 5.32 Å². The van der Waals surface area contributed by atoms with Crippen LogP contribution in [0.25, 0.3) is 0 Å². The van der Waals surface area contributed by atoms with Gasteiger partial charge in [-0.15, -0.1) is 12.4 Å². The molecule has 2 heterocycles. The van der Waals surface area contributed by atoms with E-state index < -0.39 is 0 Å². The van der Waals surface area contributed by atoms with Gasteiger partial charge in [0.25, 0.3) is 0 Å². The van der Waals surface area contributed by atoms with Gasteiger partial charge in [-0.05, 0) is 49.9 Å². The Morgan fingerprint density at radius 2 is 1.90 bits per heavy atom. The van der Waals surface area contributed by atoms with Crippen LogP contribution in [-0.2, 0) is 16.8 Å². The molecule has 3 nitrogen and oxygen atoms in total. The maximum absolute atomic E-state index is 12.5. The number of nitrogens with zero attached hydrogens (tertiary/aromatic N) is 1. The van der Waals surface area contributed by atoms with E-state index in [2.05, 4.69) is 34.5 Å². The Balaban J connectivity index is 0.00000132. The standard InChI is InChI=1S/C17H22N2O.ClH/c20-16(13-5-6-13)19-11-14-3-1-2-4-15(14)17(12-19)7-9-18-10-8-17;/h1-4,13,18H,5-12H2;1H. The largest absolute Gasteiger partial charge is 0.337 e. The fourth-order valence-corrected chi connectivity index (χ4v) is 3.96. The van der Waals surface area contributed by atoms with Crippen molar-refractivity contribution in [1.29, 1.82) is 0 Å². The molecule has 0 bridgehead atoms. The molecule has 2 fully saturated rings. The molecule has 0 radical (unpaired) electrons. The van der Waals surface area contributed by atoms with Crippen molar-refractivity contribution in [3.63, 3.8) is 0 Å². The number of rotatable bonds is 1. The quantitative estimate of drug-likeness (QED) is 0.864. The van der Waals surface area contributed by atoms with Crippen LogP contribution >= 0.6 is 12.4 Å². The van der Waals surface area contributed by atoms with Crippen molar-refractivity contribution in [2.45, 2.75) is 37.6 Å². The lowest BCUT2D eigenvalue weighted by molar-refractivity contribution is -0.135. The lowest BCUT2D eigenvalue weighted by Crippen LogP contribution is -2.52. The maximum atomic E-state index is 12.5. The molecule has 1 saturated carbocycles. The van der Waals surface area contributed by atoms with Gasteiger partial charge >= 0.3 is 0 Å². The summed E-state index contributed by atoms with van der Waals surface area (Å²) in [6.07, 6.45) is 4.51. The van der Waals surface area contributed by atoms with Gasteiger partial charge in [0.1, 0.15) is 0 Å². The molecule has 114 valence electrons. The summed E-state index contributed by atoms with van der Waals surface area (Å²) in [6.45, 7) is 3.89. The number of halogens is 1. The molecular weight excluding hydrogens is 284 g/mol. The molecule has 1 aromatic rings. The van der Waals surface area contributed by atoms with E-state index in [-0.39, 0.29) is 17.8 Å². The van der Waals surface area contributed by atoms with Crippen molar-refractivity contribution in [2.75, 3.05) is 19.6 Å². The fraction of sp³-hybridized carbons (Fsp3) is 0.588. The first kappa shape index (κ1) is 14.9. The van der Waals surface area contributed by atoms with Crippen LogP contribution in [0.5, 0.6) is 0 Å². The lowest BCUT2D eigenvalue weighted by Gasteiger charge is -2.46. The first-order valence-corrected chi connectivity index (χ1v) is 7.86.